The number of aliphatic hydroxyl groups is 1. The molecule has 0 fully saturated rings. The van der Waals surface area contributed by atoms with Gasteiger partial charge in [0.05, 0.1) is 6.61 Å². The minimum absolute atomic E-state index is 0.0523. The van der Waals surface area contributed by atoms with Crippen molar-refractivity contribution in [2.75, 3.05) is 0 Å². The highest BCUT2D eigenvalue weighted by atomic mass is 32.2. The van der Waals surface area contributed by atoms with Gasteiger partial charge in [-0.15, -0.1) is 0 Å². The van der Waals surface area contributed by atoms with E-state index in [2.05, 4.69) is 0 Å². The highest BCUT2D eigenvalue weighted by Crippen LogP contribution is 2.29. The van der Waals surface area contributed by atoms with E-state index in [1.54, 1.807) is 6.07 Å². The maximum absolute atomic E-state index is 13.0. The fraction of sp³-hybridized carbons (Fsp3) is 0.143. The molecule has 0 bridgehead atoms. The fourth-order valence-electron chi connectivity index (χ4n) is 1.58. The summed E-state index contributed by atoms with van der Waals surface area (Å²) in [6.07, 6.45) is 0. The van der Waals surface area contributed by atoms with Crippen LogP contribution in [0.3, 0.4) is 0 Å². The van der Waals surface area contributed by atoms with Gasteiger partial charge in [-0.1, -0.05) is 23.9 Å². The van der Waals surface area contributed by atoms with Crippen LogP contribution in [0.1, 0.15) is 11.1 Å². The molecule has 88 valence electrons. The van der Waals surface area contributed by atoms with E-state index in [1.165, 1.54) is 23.9 Å². The van der Waals surface area contributed by atoms with Gasteiger partial charge in [-0.2, -0.15) is 0 Å². The van der Waals surface area contributed by atoms with Crippen molar-refractivity contribution in [2.45, 2.75) is 23.3 Å². The van der Waals surface area contributed by atoms with Gasteiger partial charge in [0.2, 0.25) is 0 Å². The van der Waals surface area contributed by atoms with Crippen LogP contribution in [0, 0.1) is 12.7 Å². The van der Waals surface area contributed by atoms with E-state index >= 15 is 0 Å². The molecule has 0 radical (unpaired) electrons. The van der Waals surface area contributed by atoms with Crippen LogP contribution in [-0.2, 0) is 6.61 Å². The summed E-state index contributed by atoms with van der Waals surface area (Å²) in [5.41, 5.74) is 1.97. The van der Waals surface area contributed by atoms with Crippen LogP contribution >= 0.6 is 11.8 Å². The van der Waals surface area contributed by atoms with Crippen molar-refractivity contribution in [2.24, 2.45) is 0 Å². The number of halogens is 1. The highest BCUT2D eigenvalue weighted by Gasteiger charge is 2.02. The minimum atomic E-state index is -0.223. The Morgan fingerprint density at radius 1 is 1.12 bits per heavy atom. The Kier molecular flexibility index (Phi) is 3.82. The molecule has 0 unspecified atom stereocenters. The van der Waals surface area contributed by atoms with Crippen LogP contribution in [-0.4, -0.2) is 5.11 Å². The monoisotopic (exact) mass is 248 g/mol. The van der Waals surface area contributed by atoms with Crippen LogP contribution in [0.15, 0.2) is 52.3 Å². The molecule has 0 heterocycles. The van der Waals surface area contributed by atoms with Crippen LogP contribution in [0.25, 0.3) is 0 Å². The fourth-order valence-corrected chi connectivity index (χ4v) is 2.54. The predicted octanol–water partition coefficient (Wildman–Crippen LogP) is 3.78. The molecule has 2 aromatic carbocycles. The summed E-state index contributed by atoms with van der Waals surface area (Å²) >= 11 is 1.51. The molecule has 17 heavy (non-hydrogen) atoms. The lowest BCUT2D eigenvalue weighted by molar-refractivity contribution is 0.281. The second kappa shape index (κ2) is 5.34. The van der Waals surface area contributed by atoms with Crippen molar-refractivity contribution < 1.29 is 9.50 Å². The molecule has 0 aliphatic rings. The summed E-state index contributed by atoms with van der Waals surface area (Å²) in [4.78, 5) is 1.92. The van der Waals surface area contributed by atoms with Gasteiger partial charge in [-0.3, -0.25) is 0 Å². The van der Waals surface area contributed by atoms with Gasteiger partial charge >= 0.3 is 0 Å². The van der Waals surface area contributed by atoms with Crippen LogP contribution in [0.2, 0.25) is 0 Å². The van der Waals surface area contributed by atoms with E-state index in [0.717, 1.165) is 20.9 Å². The number of rotatable bonds is 3. The molecule has 2 rings (SSSR count). The molecule has 0 saturated heterocycles. The maximum atomic E-state index is 13.0. The standard InChI is InChI=1S/C14H13FOS/c1-10-7-14(6-5-11(10)9-16)17-13-4-2-3-12(15)8-13/h2-8,16H,9H2,1H3. The first-order valence-corrected chi connectivity index (χ1v) is 6.14. The summed E-state index contributed by atoms with van der Waals surface area (Å²) in [7, 11) is 0. The van der Waals surface area contributed by atoms with Crippen molar-refractivity contribution >= 4 is 11.8 Å². The average molecular weight is 248 g/mol. The lowest BCUT2D eigenvalue weighted by Gasteiger charge is -2.06. The molecule has 0 spiro atoms. The molecule has 0 atom stereocenters. The average Bonchev–Trinajstić information content (AvgIpc) is 2.29. The number of hydrogen-bond donors (Lipinski definition) is 1. The molecule has 0 aliphatic heterocycles. The number of hydrogen-bond acceptors (Lipinski definition) is 2. The van der Waals surface area contributed by atoms with Crippen LogP contribution < -0.4 is 0 Å². The summed E-state index contributed by atoms with van der Waals surface area (Å²) in [5, 5.41) is 9.08. The minimum Gasteiger partial charge on any atom is -0.392 e. The molecule has 1 nitrogen and oxygen atoms in total. The normalized spacial score (nSPS) is 10.5. The molecule has 0 saturated carbocycles. The number of benzene rings is 2. The van der Waals surface area contributed by atoms with Gasteiger partial charge < -0.3 is 5.11 Å². The Labute approximate surface area is 104 Å². The second-order valence-corrected chi connectivity index (χ2v) is 4.95. The van der Waals surface area contributed by atoms with Crippen molar-refractivity contribution in [1.82, 2.24) is 0 Å². The quantitative estimate of drug-likeness (QED) is 0.892. The number of aryl methyl sites for hydroxylation is 1. The zero-order valence-electron chi connectivity index (χ0n) is 9.48. The zero-order chi connectivity index (χ0) is 12.3. The molecular formula is C14H13FOS. The maximum Gasteiger partial charge on any atom is 0.124 e. The van der Waals surface area contributed by atoms with E-state index in [9.17, 15) is 4.39 Å². The van der Waals surface area contributed by atoms with Gasteiger partial charge in [0.15, 0.2) is 0 Å². The second-order valence-electron chi connectivity index (χ2n) is 3.81. The van der Waals surface area contributed by atoms with Gasteiger partial charge in [0.25, 0.3) is 0 Å². The third-order valence-corrected chi connectivity index (χ3v) is 3.50. The van der Waals surface area contributed by atoms with Gasteiger partial charge in [-0.05, 0) is 48.4 Å². The molecule has 0 aliphatic carbocycles. The topological polar surface area (TPSA) is 20.2 Å². The van der Waals surface area contributed by atoms with Crippen LogP contribution in [0.4, 0.5) is 4.39 Å². The molecule has 0 amide bonds. The number of aliphatic hydroxyl groups excluding tert-OH is 1. The summed E-state index contributed by atoms with van der Waals surface area (Å²) < 4.78 is 13.0. The molecule has 2 aromatic rings. The van der Waals surface area contributed by atoms with E-state index < -0.39 is 0 Å². The molecule has 0 aromatic heterocycles. The summed E-state index contributed by atoms with van der Waals surface area (Å²) in [5.74, 6) is -0.223. The Bertz CT molecular complexity index is 525. The summed E-state index contributed by atoms with van der Waals surface area (Å²) in [6, 6.07) is 12.4. The van der Waals surface area contributed by atoms with Crippen molar-refractivity contribution in [3.8, 4) is 0 Å². The first kappa shape index (κ1) is 12.1. The van der Waals surface area contributed by atoms with Gasteiger partial charge in [0.1, 0.15) is 5.82 Å². The van der Waals surface area contributed by atoms with E-state index in [0.29, 0.717) is 0 Å². The van der Waals surface area contributed by atoms with Crippen molar-refractivity contribution in [3.63, 3.8) is 0 Å². The molecular weight excluding hydrogens is 235 g/mol. The largest absolute Gasteiger partial charge is 0.392 e. The van der Waals surface area contributed by atoms with Crippen molar-refractivity contribution in [1.29, 1.82) is 0 Å². The lowest BCUT2D eigenvalue weighted by atomic mass is 10.1. The van der Waals surface area contributed by atoms with Crippen LogP contribution in [0.5, 0.6) is 0 Å². The lowest BCUT2D eigenvalue weighted by Crippen LogP contribution is -1.88. The SMILES string of the molecule is Cc1cc(Sc2cccc(F)c2)ccc1CO. The summed E-state index contributed by atoms with van der Waals surface area (Å²) in [6.45, 7) is 2.01. The van der Waals surface area contributed by atoms with E-state index in [1.807, 2.05) is 31.2 Å². The van der Waals surface area contributed by atoms with Crippen molar-refractivity contribution in [3.05, 3.63) is 59.4 Å². The predicted molar refractivity (Wildman–Crippen MR) is 67.6 cm³/mol. The van der Waals surface area contributed by atoms with E-state index in [-0.39, 0.29) is 12.4 Å². The zero-order valence-corrected chi connectivity index (χ0v) is 10.3. The smallest absolute Gasteiger partial charge is 0.124 e. The Morgan fingerprint density at radius 2 is 1.88 bits per heavy atom. The Hall–Kier alpha value is -1.32. The van der Waals surface area contributed by atoms with E-state index in [4.69, 9.17) is 5.11 Å². The Balaban J connectivity index is 2.22. The first-order chi connectivity index (χ1) is 8.19. The third kappa shape index (κ3) is 3.08. The van der Waals surface area contributed by atoms with Gasteiger partial charge in [-0.25, -0.2) is 4.39 Å². The molecule has 1 N–H and O–H groups in total. The third-order valence-electron chi connectivity index (χ3n) is 2.52. The molecule has 3 heteroatoms. The Morgan fingerprint density at radius 3 is 2.53 bits per heavy atom. The van der Waals surface area contributed by atoms with Gasteiger partial charge in [0, 0.05) is 9.79 Å². The highest BCUT2D eigenvalue weighted by molar-refractivity contribution is 7.99. The first-order valence-electron chi connectivity index (χ1n) is 5.33.